The van der Waals surface area contributed by atoms with Gasteiger partial charge in [0.2, 0.25) is 0 Å². The van der Waals surface area contributed by atoms with Gasteiger partial charge in [-0.3, -0.25) is 4.79 Å². The van der Waals surface area contributed by atoms with Crippen LogP contribution in [0.5, 0.6) is 0 Å². The number of ether oxygens (including phenoxy) is 1. The van der Waals surface area contributed by atoms with E-state index < -0.39 is 18.5 Å². The first-order valence-corrected chi connectivity index (χ1v) is 10.1. The zero-order valence-electron chi connectivity index (χ0n) is 16.1. The van der Waals surface area contributed by atoms with Gasteiger partial charge in [0.25, 0.3) is 5.91 Å². The summed E-state index contributed by atoms with van der Waals surface area (Å²) >= 11 is 1.24. The van der Waals surface area contributed by atoms with Gasteiger partial charge in [0, 0.05) is 16.6 Å². The van der Waals surface area contributed by atoms with E-state index in [0.29, 0.717) is 22.2 Å². The fourth-order valence-electron chi connectivity index (χ4n) is 2.63. The Labute approximate surface area is 172 Å². The predicted molar refractivity (Wildman–Crippen MR) is 112 cm³/mol. The molecule has 2 aromatic carbocycles. The zero-order valence-corrected chi connectivity index (χ0v) is 17.0. The van der Waals surface area contributed by atoms with E-state index in [1.807, 2.05) is 24.3 Å². The fraction of sp³-hybridized carbons (Fsp3) is 0.227. The highest BCUT2D eigenvalue weighted by Crippen LogP contribution is 2.24. The maximum atomic E-state index is 13.0. The number of esters is 1. The van der Waals surface area contributed by atoms with Crippen molar-refractivity contribution in [3.63, 3.8) is 0 Å². The lowest BCUT2D eigenvalue weighted by molar-refractivity contribution is -0.119. The molecule has 29 heavy (non-hydrogen) atoms. The number of amides is 1. The third-order valence-electron chi connectivity index (χ3n) is 4.51. The normalized spacial score (nSPS) is 11.7. The van der Waals surface area contributed by atoms with Crippen LogP contribution in [0.3, 0.4) is 0 Å². The van der Waals surface area contributed by atoms with Gasteiger partial charge >= 0.3 is 5.97 Å². The fourth-order valence-corrected chi connectivity index (χ4v) is 3.42. The SMILES string of the molecule is CC[C@@H](C)c1ccc(NC(=O)COC(=O)c2csc(-c3ccc(F)cc3)n2)cc1. The molecule has 0 saturated carbocycles. The smallest absolute Gasteiger partial charge is 0.358 e. The van der Waals surface area contributed by atoms with Crippen LogP contribution >= 0.6 is 11.3 Å². The maximum Gasteiger partial charge on any atom is 0.358 e. The topological polar surface area (TPSA) is 68.3 Å². The molecule has 0 radical (unpaired) electrons. The second-order valence-corrected chi connectivity index (χ2v) is 7.46. The van der Waals surface area contributed by atoms with E-state index >= 15 is 0 Å². The summed E-state index contributed by atoms with van der Waals surface area (Å²) in [5.74, 6) is -0.996. The monoisotopic (exact) mass is 412 g/mol. The summed E-state index contributed by atoms with van der Waals surface area (Å²) < 4.78 is 18.1. The Morgan fingerprint density at radius 1 is 1.14 bits per heavy atom. The number of halogens is 1. The number of hydrogen-bond acceptors (Lipinski definition) is 5. The number of aromatic nitrogens is 1. The molecule has 0 aliphatic carbocycles. The number of rotatable bonds is 7. The Balaban J connectivity index is 1.52. The lowest BCUT2D eigenvalue weighted by atomic mass is 9.99. The predicted octanol–water partition coefficient (Wildman–Crippen LogP) is 5.26. The first kappa shape index (κ1) is 20.7. The van der Waals surface area contributed by atoms with Crippen LogP contribution in [0, 0.1) is 5.82 Å². The average molecular weight is 412 g/mol. The molecule has 150 valence electrons. The van der Waals surface area contributed by atoms with Crippen molar-refractivity contribution in [2.75, 3.05) is 11.9 Å². The van der Waals surface area contributed by atoms with Crippen molar-refractivity contribution in [1.29, 1.82) is 0 Å². The van der Waals surface area contributed by atoms with Gasteiger partial charge in [-0.15, -0.1) is 11.3 Å². The van der Waals surface area contributed by atoms with Gasteiger partial charge in [0.15, 0.2) is 12.3 Å². The van der Waals surface area contributed by atoms with Crippen LogP contribution in [0.1, 0.15) is 42.2 Å². The highest BCUT2D eigenvalue weighted by atomic mass is 32.1. The van der Waals surface area contributed by atoms with Crippen LogP contribution in [0.2, 0.25) is 0 Å². The number of carbonyl (C=O) groups is 2. The molecule has 1 amide bonds. The Morgan fingerprint density at radius 3 is 2.48 bits per heavy atom. The van der Waals surface area contributed by atoms with Gasteiger partial charge in [-0.05, 0) is 54.3 Å². The standard InChI is InChI=1S/C22H21FN2O3S/c1-3-14(2)15-6-10-18(11-7-15)24-20(26)12-28-22(27)19-13-29-21(25-19)16-4-8-17(23)9-5-16/h4-11,13-14H,3,12H2,1-2H3,(H,24,26)/t14-/m1/s1. The molecule has 1 heterocycles. The second-order valence-electron chi connectivity index (χ2n) is 6.60. The van der Waals surface area contributed by atoms with E-state index in [1.54, 1.807) is 17.5 Å². The highest BCUT2D eigenvalue weighted by Gasteiger charge is 2.15. The van der Waals surface area contributed by atoms with Gasteiger partial charge < -0.3 is 10.1 Å². The van der Waals surface area contributed by atoms with Gasteiger partial charge in [-0.25, -0.2) is 14.2 Å². The van der Waals surface area contributed by atoms with E-state index in [9.17, 15) is 14.0 Å². The Hall–Kier alpha value is -3.06. The van der Waals surface area contributed by atoms with Crippen molar-refractivity contribution in [2.45, 2.75) is 26.2 Å². The molecule has 0 aliphatic rings. The van der Waals surface area contributed by atoms with Crippen molar-refractivity contribution in [2.24, 2.45) is 0 Å². The van der Waals surface area contributed by atoms with Crippen LogP contribution in [-0.4, -0.2) is 23.5 Å². The number of hydrogen-bond donors (Lipinski definition) is 1. The lowest BCUT2D eigenvalue weighted by Gasteiger charge is -2.10. The van der Waals surface area contributed by atoms with Gasteiger partial charge in [0.05, 0.1) is 0 Å². The molecule has 1 N–H and O–H groups in total. The van der Waals surface area contributed by atoms with Gasteiger partial charge in [-0.2, -0.15) is 0 Å². The minimum absolute atomic E-state index is 0.111. The number of thiazole rings is 1. The molecule has 0 fully saturated rings. The Bertz CT molecular complexity index is 984. The molecule has 5 nitrogen and oxygen atoms in total. The maximum absolute atomic E-state index is 13.0. The number of nitrogens with zero attached hydrogens (tertiary/aromatic N) is 1. The van der Waals surface area contributed by atoms with E-state index in [1.165, 1.54) is 29.0 Å². The van der Waals surface area contributed by atoms with Gasteiger partial charge in [0.1, 0.15) is 10.8 Å². The molecule has 3 aromatic rings. The van der Waals surface area contributed by atoms with Crippen LogP contribution in [0.15, 0.2) is 53.9 Å². The number of anilines is 1. The quantitative estimate of drug-likeness (QED) is 0.538. The molecule has 7 heteroatoms. The van der Waals surface area contributed by atoms with E-state index in [2.05, 4.69) is 24.1 Å². The molecule has 0 bridgehead atoms. The van der Waals surface area contributed by atoms with Crippen molar-refractivity contribution >= 4 is 28.9 Å². The first-order chi connectivity index (χ1) is 14.0. The molecule has 0 spiro atoms. The molecule has 3 rings (SSSR count). The third kappa shape index (κ3) is 5.48. The number of nitrogens with one attached hydrogen (secondary N) is 1. The number of carbonyl (C=O) groups excluding carboxylic acids is 2. The summed E-state index contributed by atoms with van der Waals surface area (Å²) in [6.45, 7) is 3.86. The molecule has 1 aromatic heterocycles. The van der Waals surface area contributed by atoms with Crippen molar-refractivity contribution in [1.82, 2.24) is 4.98 Å². The first-order valence-electron chi connectivity index (χ1n) is 9.24. The van der Waals surface area contributed by atoms with Crippen LogP contribution in [0.25, 0.3) is 10.6 Å². The minimum atomic E-state index is -0.683. The van der Waals surface area contributed by atoms with Gasteiger partial charge in [-0.1, -0.05) is 26.0 Å². The Morgan fingerprint density at radius 2 is 1.83 bits per heavy atom. The second kappa shape index (κ2) is 9.43. The molecular formula is C22H21FN2O3S. The van der Waals surface area contributed by atoms with E-state index in [-0.39, 0.29) is 11.5 Å². The summed E-state index contributed by atoms with van der Waals surface area (Å²) in [6, 6.07) is 13.4. The summed E-state index contributed by atoms with van der Waals surface area (Å²) in [7, 11) is 0. The Kier molecular flexibility index (Phi) is 6.72. The summed E-state index contributed by atoms with van der Waals surface area (Å²) in [5, 5.41) is 4.82. The average Bonchev–Trinajstić information content (AvgIpc) is 3.23. The van der Waals surface area contributed by atoms with Crippen molar-refractivity contribution < 1.29 is 18.7 Å². The molecule has 0 unspecified atom stereocenters. The largest absolute Gasteiger partial charge is 0.451 e. The molecule has 0 saturated heterocycles. The van der Waals surface area contributed by atoms with E-state index in [4.69, 9.17) is 4.74 Å². The summed E-state index contributed by atoms with van der Waals surface area (Å²) in [5.41, 5.74) is 2.66. The molecular weight excluding hydrogens is 391 g/mol. The zero-order chi connectivity index (χ0) is 20.8. The van der Waals surface area contributed by atoms with Crippen molar-refractivity contribution in [3.05, 3.63) is 71.0 Å². The number of benzene rings is 2. The van der Waals surface area contributed by atoms with E-state index in [0.717, 1.165) is 6.42 Å². The summed E-state index contributed by atoms with van der Waals surface area (Å²) in [6.07, 6.45) is 1.04. The van der Waals surface area contributed by atoms with Crippen molar-refractivity contribution in [3.8, 4) is 10.6 Å². The lowest BCUT2D eigenvalue weighted by Crippen LogP contribution is -2.21. The van der Waals surface area contributed by atoms with Crippen LogP contribution in [-0.2, 0) is 9.53 Å². The van der Waals surface area contributed by atoms with Crippen LogP contribution < -0.4 is 5.32 Å². The highest BCUT2D eigenvalue weighted by molar-refractivity contribution is 7.13. The summed E-state index contributed by atoms with van der Waals surface area (Å²) in [4.78, 5) is 28.4. The minimum Gasteiger partial charge on any atom is -0.451 e. The molecule has 0 aliphatic heterocycles. The third-order valence-corrected chi connectivity index (χ3v) is 5.41. The van der Waals surface area contributed by atoms with Crippen LogP contribution in [0.4, 0.5) is 10.1 Å². The molecule has 1 atom stereocenters.